The van der Waals surface area contributed by atoms with Gasteiger partial charge in [-0.3, -0.25) is 9.78 Å². The van der Waals surface area contributed by atoms with Crippen molar-refractivity contribution >= 4 is 34.8 Å². The van der Waals surface area contributed by atoms with Gasteiger partial charge in [0.2, 0.25) is 0 Å². The van der Waals surface area contributed by atoms with Crippen LogP contribution in [-0.4, -0.2) is 14.8 Å². The molecule has 0 saturated carbocycles. The van der Waals surface area contributed by atoms with Crippen molar-refractivity contribution in [3.63, 3.8) is 0 Å². The Kier molecular flexibility index (Phi) is 5.75. The number of benzene rings is 2. The zero-order valence-corrected chi connectivity index (χ0v) is 16.6. The molecule has 5 nitrogen and oxygen atoms in total. The van der Waals surface area contributed by atoms with Crippen LogP contribution >= 0.6 is 34.8 Å². The number of H-pyrrole nitrogens is 1. The standard InChI is InChI=1S/C19H16Cl3N3O2/c1-2-9-19(22,12-3-5-13(20)6-4-12)15-8-7-14(10-16(15)21)25-18(27)24-17(26)11-23-25/h3-8,10-11H,2,9H2,1H3,(H,24,26,27). The van der Waals surface area contributed by atoms with Crippen molar-refractivity contribution in [2.24, 2.45) is 0 Å². The van der Waals surface area contributed by atoms with Gasteiger partial charge < -0.3 is 0 Å². The van der Waals surface area contributed by atoms with Crippen molar-refractivity contribution in [2.75, 3.05) is 0 Å². The predicted molar refractivity (Wildman–Crippen MR) is 108 cm³/mol. The molecule has 1 aromatic heterocycles. The van der Waals surface area contributed by atoms with Crippen molar-refractivity contribution < 1.29 is 0 Å². The van der Waals surface area contributed by atoms with Crippen LogP contribution in [0.1, 0.15) is 30.9 Å². The lowest BCUT2D eigenvalue weighted by Gasteiger charge is -2.29. The molecule has 0 bridgehead atoms. The minimum atomic E-state index is -0.835. The molecule has 0 aliphatic heterocycles. The van der Waals surface area contributed by atoms with Crippen molar-refractivity contribution in [3.05, 3.63) is 90.7 Å². The van der Waals surface area contributed by atoms with Crippen LogP contribution < -0.4 is 11.2 Å². The van der Waals surface area contributed by atoms with Crippen LogP contribution in [0.3, 0.4) is 0 Å². The number of halogens is 3. The van der Waals surface area contributed by atoms with Crippen LogP contribution in [0, 0.1) is 0 Å². The molecule has 3 rings (SSSR count). The Morgan fingerprint density at radius 1 is 1.11 bits per heavy atom. The molecule has 0 fully saturated rings. The summed E-state index contributed by atoms with van der Waals surface area (Å²) in [6.45, 7) is 2.04. The maximum atomic E-state index is 12.0. The Morgan fingerprint density at radius 2 is 1.81 bits per heavy atom. The van der Waals surface area contributed by atoms with E-state index in [1.165, 1.54) is 0 Å². The summed E-state index contributed by atoms with van der Waals surface area (Å²) in [5.74, 6) is 0. The summed E-state index contributed by atoms with van der Waals surface area (Å²) in [5.41, 5.74) is 0.816. The fraction of sp³-hybridized carbons (Fsp3) is 0.211. The maximum absolute atomic E-state index is 12.0. The van der Waals surface area contributed by atoms with E-state index in [2.05, 4.69) is 10.1 Å². The third-order valence-electron chi connectivity index (χ3n) is 4.23. The molecule has 0 saturated heterocycles. The predicted octanol–water partition coefficient (Wildman–Crippen LogP) is 4.51. The average molecular weight is 425 g/mol. The number of alkyl halides is 1. The molecule has 0 spiro atoms. The molecule has 8 heteroatoms. The van der Waals surface area contributed by atoms with Gasteiger partial charge in [-0.05, 0) is 41.8 Å². The first-order valence-corrected chi connectivity index (χ1v) is 9.42. The van der Waals surface area contributed by atoms with Gasteiger partial charge in [-0.2, -0.15) is 9.78 Å². The maximum Gasteiger partial charge on any atom is 0.349 e. The fourth-order valence-electron chi connectivity index (χ4n) is 2.99. The Balaban J connectivity index is 2.10. The van der Waals surface area contributed by atoms with Gasteiger partial charge in [0.25, 0.3) is 5.56 Å². The molecule has 1 atom stereocenters. The van der Waals surface area contributed by atoms with Gasteiger partial charge in [-0.1, -0.05) is 54.7 Å². The summed E-state index contributed by atoms with van der Waals surface area (Å²) in [7, 11) is 0. The van der Waals surface area contributed by atoms with Crippen LogP contribution in [0.25, 0.3) is 5.69 Å². The van der Waals surface area contributed by atoms with Gasteiger partial charge in [0, 0.05) is 10.0 Å². The monoisotopic (exact) mass is 423 g/mol. The largest absolute Gasteiger partial charge is 0.349 e. The number of hydrogen-bond donors (Lipinski definition) is 1. The second-order valence-corrected chi connectivity index (χ2v) is 7.56. The molecule has 3 aromatic rings. The topological polar surface area (TPSA) is 67.8 Å². The summed E-state index contributed by atoms with van der Waals surface area (Å²) < 4.78 is 1.06. The first-order chi connectivity index (χ1) is 12.8. The zero-order valence-electron chi connectivity index (χ0n) is 14.4. The van der Waals surface area contributed by atoms with E-state index in [1.54, 1.807) is 30.3 Å². The van der Waals surface area contributed by atoms with Crippen LogP contribution in [-0.2, 0) is 4.87 Å². The van der Waals surface area contributed by atoms with E-state index < -0.39 is 16.1 Å². The lowest BCUT2D eigenvalue weighted by molar-refractivity contribution is 0.633. The highest BCUT2D eigenvalue weighted by atomic mass is 35.5. The van der Waals surface area contributed by atoms with Crippen LogP contribution in [0.15, 0.2) is 58.3 Å². The minimum Gasteiger partial charge on any atom is -0.271 e. The van der Waals surface area contributed by atoms with E-state index in [-0.39, 0.29) is 0 Å². The van der Waals surface area contributed by atoms with E-state index in [9.17, 15) is 9.59 Å². The molecule has 0 aliphatic carbocycles. The summed E-state index contributed by atoms with van der Waals surface area (Å²) >= 11 is 19.6. The molecule has 0 amide bonds. The van der Waals surface area contributed by atoms with Gasteiger partial charge >= 0.3 is 5.69 Å². The number of aromatic nitrogens is 3. The van der Waals surface area contributed by atoms with Crippen molar-refractivity contribution in [1.82, 2.24) is 14.8 Å². The molecule has 1 unspecified atom stereocenters. The van der Waals surface area contributed by atoms with E-state index in [0.29, 0.717) is 22.2 Å². The van der Waals surface area contributed by atoms with Gasteiger partial charge in [0.15, 0.2) is 0 Å². The molecule has 1 N–H and O–H groups in total. The van der Waals surface area contributed by atoms with Crippen molar-refractivity contribution in [2.45, 2.75) is 24.6 Å². The molecule has 1 heterocycles. The smallest absolute Gasteiger partial charge is 0.271 e. The van der Waals surface area contributed by atoms with Crippen molar-refractivity contribution in [3.8, 4) is 5.69 Å². The Morgan fingerprint density at radius 3 is 2.41 bits per heavy atom. The second kappa shape index (κ2) is 7.89. The molecule has 2 aromatic carbocycles. The number of hydrogen-bond acceptors (Lipinski definition) is 3. The summed E-state index contributed by atoms with van der Waals surface area (Å²) in [6.07, 6.45) is 2.52. The van der Waals surface area contributed by atoms with Crippen LogP contribution in [0.4, 0.5) is 0 Å². The molecule has 140 valence electrons. The highest BCUT2D eigenvalue weighted by Crippen LogP contribution is 2.44. The molecular formula is C19H16Cl3N3O2. The zero-order chi connectivity index (χ0) is 19.6. The van der Waals surface area contributed by atoms with Crippen LogP contribution in [0.5, 0.6) is 0 Å². The SMILES string of the molecule is CCCC(Cl)(c1ccc(Cl)cc1)c1ccc(-n2ncc(=O)[nH]c2=O)cc1Cl. The molecular weight excluding hydrogens is 409 g/mol. The second-order valence-electron chi connectivity index (χ2n) is 6.07. The molecule has 0 radical (unpaired) electrons. The third-order valence-corrected chi connectivity index (χ3v) is 5.41. The molecule has 27 heavy (non-hydrogen) atoms. The number of nitrogens with zero attached hydrogens (tertiary/aromatic N) is 2. The first kappa shape index (κ1) is 19.7. The Bertz CT molecular complexity index is 1080. The first-order valence-electron chi connectivity index (χ1n) is 8.29. The van der Waals surface area contributed by atoms with Gasteiger partial charge in [-0.15, -0.1) is 11.6 Å². The van der Waals surface area contributed by atoms with E-state index in [4.69, 9.17) is 34.8 Å². The number of nitrogens with one attached hydrogen (secondary N) is 1. The Hall–Kier alpha value is -2.08. The van der Waals surface area contributed by atoms with E-state index in [0.717, 1.165) is 28.4 Å². The average Bonchev–Trinajstić information content (AvgIpc) is 2.62. The highest BCUT2D eigenvalue weighted by Gasteiger charge is 2.33. The number of aromatic amines is 1. The highest BCUT2D eigenvalue weighted by molar-refractivity contribution is 6.34. The number of rotatable bonds is 5. The van der Waals surface area contributed by atoms with E-state index >= 15 is 0 Å². The Labute approximate surface area is 170 Å². The van der Waals surface area contributed by atoms with Gasteiger partial charge in [-0.25, -0.2) is 4.79 Å². The molecule has 0 aliphatic rings. The van der Waals surface area contributed by atoms with Gasteiger partial charge in [0.05, 0.1) is 10.6 Å². The quantitative estimate of drug-likeness (QED) is 0.613. The summed E-state index contributed by atoms with van der Waals surface area (Å²) in [6, 6.07) is 12.4. The normalized spacial score (nSPS) is 13.3. The lowest BCUT2D eigenvalue weighted by atomic mass is 9.86. The summed E-state index contributed by atoms with van der Waals surface area (Å²) in [4.78, 5) is 24.5. The lowest BCUT2D eigenvalue weighted by Crippen LogP contribution is -2.30. The van der Waals surface area contributed by atoms with Crippen molar-refractivity contribution in [1.29, 1.82) is 0 Å². The summed E-state index contributed by atoms with van der Waals surface area (Å²) in [5, 5.41) is 4.86. The fourth-order valence-corrected chi connectivity index (χ4v) is 3.98. The van der Waals surface area contributed by atoms with Gasteiger partial charge in [0.1, 0.15) is 6.20 Å². The minimum absolute atomic E-state index is 0.394. The third kappa shape index (κ3) is 3.95. The van der Waals surface area contributed by atoms with Crippen LogP contribution in [0.2, 0.25) is 10.0 Å². The van der Waals surface area contributed by atoms with E-state index in [1.807, 2.05) is 19.1 Å².